The first-order valence-corrected chi connectivity index (χ1v) is 8.12. The van der Waals surface area contributed by atoms with E-state index in [1.807, 2.05) is 30.3 Å². The number of carboxylic acids is 1. The number of para-hydroxylation sites is 1. The van der Waals surface area contributed by atoms with Crippen LogP contribution in [0.4, 0.5) is 5.69 Å². The highest BCUT2D eigenvalue weighted by molar-refractivity contribution is 6.32. The molecule has 26 heavy (non-hydrogen) atoms. The predicted molar refractivity (Wildman–Crippen MR) is 99.2 cm³/mol. The van der Waals surface area contributed by atoms with Crippen molar-refractivity contribution in [1.82, 2.24) is 0 Å². The maximum atomic E-state index is 12.7. The molecule has 2 aromatic carbocycles. The van der Waals surface area contributed by atoms with E-state index in [1.54, 1.807) is 37.3 Å². The van der Waals surface area contributed by atoms with Crippen LogP contribution < -0.4 is 9.75 Å². The molecule has 0 bridgehead atoms. The number of hydrogen-bond acceptors (Lipinski definition) is 4. The van der Waals surface area contributed by atoms with E-state index in [0.717, 1.165) is 5.56 Å². The van der Waals surface area contributed by atoms with E-state index >= 15 is 0 Å². The minimum atomic E-state index is -1.03. The zero-order valence-corrected chi connectivity index (χ0v) is 14.4. The van der Waals surface area contributed by atoms with Gasteiger partial charge in [-0.15, -0.1) is 0 Å². The molecule has 1 aliphatic rings. The second-order valence-electron chi connectivity index (χ2n) is 5.86. The van der Waals surface area contributed by atoms with Crippen molar-refractivity contribution >= 4 is 29.4 Å². The predicted octanol–water partition coefficient (Wildman–Crippen LogP) is 3.34. The lowest BCUT2D eigenvalue weighted by atomic mass is 10.1. The van der Waals surface area contributed by atoms with Gasteiger partial charge in [0.15, 0.2) is 6.10 Å². The molecule has 3 rings (SSSR count). The number of aliphatic carboxylic acids is 1. The van der Waals surface area contributed by atoms with E-state index in [1.165, 1.54) is 11.9 Å². The largest absolute Gasteiger partial charge is 0.479 e. The Morgan fingerprint density at radius 2 is 1.81 bits per heavy atom. The van der Waals surface area contributed by atoms with E-state index in [0.29, 0.717) is 22.7 Å². The molecular weight excluding hydrogens is 332 g/mol. The summed E-state index contributed by atoms with van der Waals surface area (Å²) in [5.74, 6) is -0.759. The summed E-state index contributed by atoms with van der Waals surface area (Å²) in [6.07, 6.45) is 0.832. The summed E-state index contributed by atoms with van der Waals surface area (Å²) < 4.78 is 5.30. The Labute approximate surface area is 151 Å². The summed E-state index contributed by atoms with van der Waals surface area (Å²) in [5, 5.41) is 14.6. The molecule has 1 atom stereocenters. The van der Waals surface area contributed by atoms with Crippen LogP contribution in [0.25, 0.3) is 6.08 Å². The van der Waals surface area contributed by atoms with Crippen molar-refractivity contribution in [3.63, 3.8) is 0 Å². The van der Waals surface area contributed by atoms with Crippen LogP contribution >= 0.6 is 0 Å². The van der Waals surface area contributed by atoms with Crippen LogP contribution in [0.2, 0.25) is 0 Å². The van der Waals surface area contributed by atoms with E-state index in [4.69, 9.17) is 9.84 Å². The molecule has 0 radical (unpaired) electrons. The first kappa shape index (κ1) is 17.4. The van der Waals surface area contributed by atoms with Crippen molar-refractivity contribution < 1.29 is 19.4 Å². The van der Waals surface area contributed by atoms with Gasteiger partial charge in [0, 0.05) is 0 Å². The molecule has 0 aliphatic carbocycles. The first-order chi connectivity index (χ1) is 12.5. The normalized spacial score (nSPS) is 16.5. The van der Waals surface area contributed by atoms with Crippen LogP contribution in [0, 0.1) is 0 Å². The Hall–Kier alpha value is -3.41. The average Bonchev–Trinajstić information content (AvgIpc) is 2.92. The number of ether oxygens (including phenoxy) is 1. The van der Waals surface area contributed by atoms with Crippen molar-refractivity contribution in [2.75, 3.05) is 5.01 Å². The highest BCUT2D eigenvalue weighted by atomic mass is 16.5. The summed E-state index contributed by atoms with van der Waals surface area (Å²) in [6.45, 7) is 3.26. The Balaban J connectivity index is 1.79. The van der Waals surface area contributed by atoms with E-state index in [-0.39, 0.29) is 5.91 Å². The Bertz CT molecular complexity index is 886. The Morgan fingerprint density at radius 3 is 2.42 bits per heavy atom. The van der Waals surface area contributed by atoms with Gasteiger partial charge in [0.2, 0.25) is 0 Å². The lowest BCUT2D eigenvalue weighted by molar-refractivity contribution is -0.144. The van der Waals surface area contributed by atoms with Gasteiger partial charge < -0.3 is 9.84 Å². The van der Waals surface area contributed by atoms with Gasteiger partial charge in [0.1, 0.15) is 5.75 Å². The molecule has 132 valence electrons. The van der Waals surface area contributed by atoms with Crippen LogP contribution in [0.5, 0.6) is 5.75 Å². The number of hydrogen-bond donors (Lipinski definition) is 1. The number of benzene rings is 2. The average molecular weight is 350 g/mol. The summed E-state index contributed by atoms with van der Waals surface area (Å²) in [6, 6.07) is 16.1. The molecule has 6 heteroatoms. The van der Waals surface area contributed by atoms with Crippen LogP contribution in [0.3, 0.4) is 0 Å². The number of rotatable bonds is 5. The van der Waals surface area contributed by atoms with E-state index in [9.17, 15) is 9.59 Å². The minimum Gasteiger partial charge on any atom is -0.479 e. The van der Waals surface area contributed by atoms with Crippen molar-refractivity contribution in [2.45, 2.75) is 20.0 Å². The summed E-state index contributed by atoms with van der Waals surface area (Å²) >= 11 is 0. The fraction of sp³-hybridized carbons (Fsp3) is 0.150. The van der Waals surface area contributed by atoms with Crippen molar-refractivity contribution in [1.29, 1.82) is 0 Å². The Kier molecular flexibility index (Phi) is 4.84. The fourth-order valence-electron chi connectivity index (χ4n) is 2.49. The van der Waals surface area contributed by atoms with Gasteiger partial charge in [0.25, 0.3) is 5.91 Å². The van der Waals surface area contributed by atoms with E-state index < -0.39 is 12.1 Å². The maximum Gasteiger partial charge on any atom is 0.344 e. The van der Waals surface area contributed by atoms with Crippen molar-refractivity contribution in [3.05, 3.63) is 65.7 Å². The highest BCUT2D eigenvalue weighted by Crippen LogP contribution is 2.25. The van der Waals surface area contributed by atoms with Gasteiger partial charge in [-0.3, -0.25) is 4.79 Å². The quantitative estimate of drug-likeness (QED) is 0.839. The molecule has 6 nitrogen and oxygen atoms in total. The molecule has 0 saturated heterocycles. The van der Waals surface area contributed by atoms with Gasteiger partial charge in [-0.05, 0) is 49.8 Å². The number of nitrogens with zero attached hydrogens (tertiary/aromatic N) is 2. The molecule has 0 spiro atoms. The zero-order valence-electron chi connectivity index (χ0n) is 14.4. The maximum absolute atomic E-state index is 12.7. The smallest absolute Gasteiger partial charge is 0.344 e. The van der Waals surface area contributed by atoms with Gasteiger partial charge in [-0.25, -0.2) is 4.79 Å². The van der Waals surface area contributed by atoms with Crippen LogP contribution in [0.1, 0.15) is 19.4 Å². The van der Waals surface area contributed by atoms with Crippen molar-refractivity contribution in [3.8, 4) is 5.75 Å². The standard InChI is InChI=1S/C20H18N2O4/c1-13-18(19(23)22(21-13)16-6-4-3-5-7-16)12-15-8-10-17(11-9-15)26-14(2)20(24)25/h3-12,14H,1-2H3,(H,24,25). The van der Waals surface area contributed by atoms with Crippen LogP contribution in [-0.2, 0) is 9.59 Å². The third kappa shape index (κ3) is 3.64. The minimum absolute atomic E-state index is 0.187. The molecule has 0 saturated carbocycles. The van der Waals surface area contributed by atoms with Crippen molar-refractivity contribution in [2.24, 2.45) is 5.10 Å². The lowest BCUT2D eigenvalue weighted by Crippen LogP contribution is -2.22. The lowest BCUT2D eigenvalue weighted by Gasteiger charge is -2.11. The number of carbonyl (C=O) groups is 2. The van der Waals surface area contributed by atoms with Gasteiger partial charge in [-0.1, -0.05) is 30.3 Å². The van der Waals surface area contributed by atoms with Gasteiger partial charge in [0.05, 0.1) is 17.0 Å². The summed E-state index contributed by atoms with van der Waals surface area (Å²) in [4.78, 5) is 23.5. The molecule has 1 heterocycles. The second-order valence-corrected chi connectivity index (χ2v) is 5.86. The molecule has 2 aromatic rings. The number of amides is 1. The number of carbonyl (C=O) groups excluding carboxylic acids is 1. The molecule has 1 aliphatic heterocycles. The zero-order chi connectivity index (χ0) is 18.7. The molecule has 1 amide bonds. The first-order valence-electron chi connectivity index (χ1n) is 8.12. The number of carboxylic acid groups (broad SMARTS) is 1. The Morgan fingerprint density at radius 1 is 1.15 bits per heavy atom. The van der Waals surface area contributed by atoms with Gasteiger partial charge in [-0.2, -0.15) is 10.1 Å². The molecule has 1 N–H and O–H groups in total. The number of hydrazone groups is 1. The molecule has 1 unspecified atom stereocenters. The van der Waals surface area contributed by atoms with Crippen LogP contribution in [0.15, 0.2) is 65.3 Å². The van der Waals surface area contributed by atoms with Crippen LogP contribution in [-0.4, -0.2) is 28.8 Å². The number of anilines is 1. The van der Waals surface area contributed by atoms with E-state index in [2.05, 4.69) is 5.10 Å². The fourth-order valence-corrected chi connectivity index (χ4v) is 2.49. The molecule has 0 fully saturated rings. The monoisotopic (exact) mass is 350 g/mol. The highest BCUT2D eigenvalue weighted by Gasteiger charge is 2.28. The SMILES string of the molecule is CC1=NN(c2ccccc2)C(=O)C1=Cc1ccc(OC(C)C(=O)O)cc1. The molecular formula is C20H18N2O4. The summed E-state index contributed by atoms with van der Waals surface area (Å²) in [7, 11) is 0. The summed E-state index contributed by atoms with van der Waals surface area (Å²) in [5.41, 5.74) is 2.67. The third-order valence-corrected chi connectivity index (χ3v) is 3.92. The second kappa shape index (κ2) is 7.23. The topological polar surface area (TPSA) is 79.2 Å². The third-order valence-electron chi connectivity index (χ3n) is 3.92. The van der Waals surface area contributed by atoms with Gasteiger partial charge >= 0.3 is 5.97 Å². The molecule has 0 aromatic heterocycles.